The third-order valence-electron chi connectivity index (χ3n) is 4.34. The number of nitrogens with one attached hydrogen (secondary N) is 1. The number of rotatable bonds is 6. The van der Waals surface area contributed by atoms with Crippen molar-refractivity contribution in [3.05, 3.63) is 59.7 Å². The van der Waals surface area contributed by atoms with Crippen molar-refractivity contribution in [3.8, 4) is 11.1 Å². The van der Waals surface area contributed by atoms with Gasteiger partial charge in [-0.25, -0.2) is 18.4 Å². The lowest BCUT2D eigenvalue weighted by atomic mass is 9.98. The average Bonchev–Trinajstić information content (AvgIpc) is 2.97. The molecule has 1 aliphatic rings. The second kappa shape index (κ2) is 7.51. The predicted molar refractivity (Wildman–Crippen MR) is 90.5 cm³/mol. The molecule has 1 aliphatic carbocycles. The number of carbonyl (C=O) groups is 2. The molecule has 0 bridgehead atoms. The molecule has 2 aromatic carbocycles. The normalized spacial score (nSPS) is 14.8. The van der Waals surface area contributed by atoms with Gasteiger partial charge in [0.15, 0.2) is 6.17 Å². The molecule has 0 saturated carbocycles. The first-order chi connectivity index (χ1) is 12.5. The number of ether oxygens (including phenoxy) is 1. The van der Waals surface area contributed by atoms with Crippen molar-refractivity contribution in [1.29, 1.82) is 0 Å². The third kappa shape index (κ3) is 3.51. The summed E-state index contributed by atoms with van der Waals surface area (Å²) in [6, 6.07) is 15.6. The summed E-state index contributed by atoms with van der Waals surface area (Å²) in [5.41, 5.74) is 4.20. The van der Waals surface area contributed by atoms with E-state index in [1.807, 2.05) is 48.5 Å². The molecule has 3 rings (SSSR count). The van der Waals surface area contributed by atoms with Gasteiger partial charge in [0.25, 0.3) is 0 Å². The zero-order chi connectivity index (χ0) is 18.7. The van der Waals surface area contributed by atoms with Crippen LogP contribution >= 0.6 is 0 Å². The minimum atomic E-state index is -2.69. The molecule has 0 aromatic heterocycles. The lowest BCUT2D eigenvalue weighted by molar-refractivity contribution is -0.145. The van der Waals surface area contributed by atoms with E-state index in [9.17, 15) is 18.4 Å². The van der Waals surface area contributed by atoms with E-state index in [-0.39, 0.29) is 12.5 Å². The molecule has 5 nitrogen and oxygen atoms in total. The van der Waals surface area contributed by atoms with E-state index in [0.29, 0.717) is 0 Å². The molecular formula is C19H17F2NO4. The van der Waals surface area contributed by atoms with Crippen molar-refractivity contribution in [3.63, 3.8) is 0 Å². The first kappa shape index (κ1) is 17.8. The summed E-state index contributed by atoms with van der Waals surface area (Å²) in [6.45, 7) is -0.737. The molecule has 136 valence electrons. The van der Waals surface area contributed by atoms with Crippen LogP contribution in [0.3, 0.4) is 0 Å². The van der Waals surface area contributed by atoms with E-state index < -0.39 is 31.0 Å². The molecule has 26 heavy (non-hydrogen) atoms. The number of alkyl halides is 2. The Balaban J connectivity index is 1.61. The summed E-state index contributed by atoms with van der Waals surface area (Å²) in [6.07, 6.45) is -5.95. The molecule has 1 amide bonds. The lowest BCUT2D eigenvalue weighted by Gasteiger charge is -2.15. The molecule has 2 N–H and O–H groups in total. The van der Waals surface area contributed by atoms with E-state index in [0.717, 1.165) is 22.3 Å². The fourth-order valence-electron chi connectivity index (χ4n) is 3.09. The molecule has 0 spiro atoms. The largest absolute Gasteiger partial charge is 0.479 e. The Morgan fingerprint density at radius 3 is 2.12 bits per heavy atom. The van der Waals surface area contributed by atoms with Gasteiger partial charge in [-0.15, -0.1) is 0 Å². The van der Waals surface area contributed by atoms with Crippen LogP contribution in [0, 0.1) is 0 Å². The SMILES string of the molecule is O=C(NC[C@H](F)[C@H](F)C(=O)O)OCC1c2ccccc2-c2ccccc21. The Hall–Kier alpha value is -2.96. The van der Waals surface area contributed by atoms with E-state index in [4.69, 9.17) is 9.84 Å². The van der Waals surface area contributed by atoms with Gasteiger partial charge in [0.05, 0.1) is 6.54 Å². The van der Waals surface area contributed by atoms with Crippen molar-refractivity contribution in [1.82, 2.24) is 5.32 Å². The van der Waals surface area contributed by atoms with Crippen molar-refractivity contribution >= 4 is 12.1 Å². The molecule has 0 heterocycles. The number of amides is 1. The molecular weight excluding hydrogens is 344 g/mol. The van der Waals surface area contributed by atoms with Crippen molar-refractivity contribution in [2.45, 2.75) is 18.3 Å². The van der Waals surface area contributed by atoms with Crippen LogP contribution in [0.5, 0.6) is 0 Å². The Bertz CT molecular complexity index is 781. The van der Waals surface area contributed by atoms with Gasteiger partial charge in [0.1, 0.15) is 6.61 Å². The number of hydrogen-bond acceptors (Lipinski definition) is 3. The summed E-state index contributed by atoms with van der Waals surface area (Å²) in [5, 5.41) is 10.4. The van der Waals surface area contributed by atoms with Gasteiger partial charge < -0.3 is 15.2 Å². The molecule has 2 aromatic rings. The molecule has 0 radical (unpaired) electrons. The van der Waals surface area contributed by atoms with Gasteiger partial charge in [0, 0.05) is 5.92 Å². The highest BCUT2D eigenvalue weighted by molar-refractivity contribution is 5.79. The van der Waals surface area contributed by atoms with Gasteiger partial charge in [0.2, 0.25) is 6.17 Å². The van der Waals surface area contributed by atoms with Gasteiger partial charge in [-0.2, -0.15) is 0 Å². The summed E-state index contributed by atoms with van der Waals surface area (Å²) in [4.78, 5) is 22.1. The fourth-order valence-corrected chi connectivity index (χ4v) is 3.09. The quantitative estimate of drug-likeness (QED) is 0.828. The molecule has 0 fully saturated rings. The van der Waals surface area contributed by atoms with Crippen LogP contribution < -0.4 is 5.32 Å². The van der Waals surface area contributed by atoms with Gasteiger partial charge in [-0.05, 0) is 22.3 Å². The summed E-state index contributed by atoms with van der Waals surface area (Å²) in [5.74, 6) is -2.06. The number of alkyl carbamates (subject to hydrolysis) is 1. The molecule has 0 unspecified atom stereocenters. The first-order valence-electron chi connectivity index (χ1n) is 8.09. The molecule has 7 heteroatoms. The van der Waals surface area contributed by atoms with Crippen molar-refractivity contribution < 1.29 is 28.2 Å². The van der Waals surface area contributed by atoms with Crippen molar-refractivity contribution in [2.75, 3.05) is 13.2 Å². The number of aliphatic carboxylic acids is 1. The standard InChI is InChI=1S/C19H17F2NO4/c20-16(17(21)18(23)24)9-22-19(25)26-10-15-13-7-3-1-5-11(13)12-6-2-4-8-14(12)15/h1-8,15-17H,9-10H2,(H,22,25)(H,23,24)/t16-,17-/m0/s1. The first-order valence-corrected chi connectivity index (χ1v) is 8.09. The van der Waals surface area contributed by atoms with E-state index in [1.165, 1.54) is 0 Å². The number of fused-ring (bicyclic) bond motifs is 3. The van der Waals surface area contributed by atoms with Crippen LogP contribution in [0.1, 0.15) is 17.0 Å². The maximum Gasteiger partial charge on any atom is 0.407 e. The smallest absolute Gasteiger partial charge is 0.407 e. The van der Waals surface area contributed by atoms with E-state index in [2.05, 4.69) is 5.32 Å². The zero-order valence-electron chi connectivity index (χ0n) is 13.7. The number of benzene rings is 2. The van der Waals surface area contributed by atoms with Crippen molar-refractivity contribution in [2.24, 2.45) is 0 Å². The minimum Gasteiger partial charge on any atom is -0.479 e. The van der Waals surface area contributed by atoms with Crippen LogP contribution in [0.4, 0.5) is 13.6 Å². The number of carbonyl (C=O) groups excluding carboxylic acids is 1. The lowest BCUT2D eigenvalue weighted by Crippen LogP contribution is -2.38. The maximum atomic E-state index is 13.3. The number of carboxylic acid groups (broad SMARTS) is 1. The third-order valence-corrected chi connectivity index (χ3v) is 4.34. The number of halogens is 2. The van der Waals surface area contributed by atoms with E-state index >= 15 is 0 Å². The minimum absolute atomic E-state index is 0.0365. The average molecular weight is 361 g/mol. The zero-order valence-corrected chi connectivity index (χ0v) is 13.7. The highest BCUT2D eigenvalue weighted by atomic mass is 19.2. The second-order valence-corrected chi connectivity index (χ2v) is 5.96. The Kier molecular flexibility index (Phi) is 5.16. The Labute approximate surface area is 148 Å². The van der Waals surface area contributed by atoms with Crippen LogP contribution in [0.2, 0.25) is 0 Å². The van der Waals surface area contributed by atoms with Gasteiger partial charge in [-0.3, -0.25) is 0 Å². The van der Waals surface area contributed by atoms with E-state index in [1.54, 1.807) is 0 Å². The monoisotopic (exact) mass is 361 g/mol. The molecule has 2 atom stereocenters. The van der Waals surface area contributed by atoms with Crippen LogP contribution in [-0.4, -0.2) is 42.7 Å². The number of carboxylic acids is 1. The number of hydrogen-bond donors (Lipinski definition) is 2. The highest BCUT2D eigenvalue weighted by Crippen LogP contribution is 2.44. The topological polar surface area (TPSA) is 75.6 Å². The van der Waals surface area contributed by atoms with Crippen LogP contribution in [-0.2, 0) is 9.53 Å². The molecule has 0 saturated heterocycles. The second-order valence-electron chi connectivity index (χ2n) is 5.96. The van der Waals surface area contributed by atoms with Crippen LogP contribution in [0.25, 0.3) is 11.1 Å². The van der Waals surface area contributed by atoms with Gasteiger partial charge in [-0.1, -0.05) is 48.5 Å². The maximum absolute atomic E-state index is 13.3. The van der Waals surface area contributed by atoms with Crippen LogP contribution in [0.15, 0.2) is 48.5 Å². The summed E-state index contributed by atoms with van der Waals surface area (Å²) >= 11 is 0. The fraction of sp³-hybridized carbons (Fsp3) is 0.263. The Morgan fingerprint density at radius 2 is 1.58 bits per heavy atom. The Morgan fingerprint density at radius 1 is 1.04 bits per heavy atom. The summed E-state index contributed by atoms with van der Waals surface area (Å²) in [7, 11) is 0. The molecule has 0 aliphatic heterocycles. The summed E-state index contributed by atoms with van der Waals surface area (Å²) < 4.78 is 31.4. The van der Waals surface area contributed by atoms with Gasteiger partial charge >= 0.3 is 12.1 Å². The predicted octanol–water partition coefficient (Wildman–Crippen LogP) is 3.29. The highest BCUT2D eigenvalue weighted by Gasteiger charge is 2.30.